The molecule has 5 rings (SSSR count). The molecule has 1 aromatic heterocycles. The molecule has 114 valence electrons. The minimum atomic E-state index is 0.0618. The lowest BCUT2D eigenvalue weighted by atomic mass is 10.0. The van der Waals surface area contributed by atoms with Crippen molar-refractivity contribution in [2.24, 2.45) is 0 Å². The van der Waals surface area contributed by atoms with Gasteiger partial charge in [-0.1, -0.05) is 35.9 Å². The monoisotopic (exact) mass is 302 g/mol. The number of hydrogen-bond acceptors (Lipinski definition) is 1. The molecule has 1 aliphatic heterocycles. The van der Waals surface area contributed by atoms with Crippen LogP contribution in [-0.4, -0.2) is 22.3 Å². The van der Waals surface area contributed by atoms with Crippen molar-refractivity contribution in [3.8, 4) is 11.3 Å². The Bertz CT molecular complexity index is 953. The van der Waals surface area contributed by atoms with E-state index in [2.05, 4.69) is 59.3 Å². The van der Waals surface area contributed by atoms with Gasteiger partial charge in [0.25, 0.3) is 0 Å². The van der Waals surface area contributed by atoms with Gasteiger partial charge in [-0.05, 0) is 31.0 Å². The van der Waals surface area contributed by atoms with E-state index in [1.807, 2.05) is 0 Å². The topological polar surface area (TPSA) is 36.1 Å². The van der Waals surface area contributed by atoms with Gasteiger partial charge in [0.15, 0.2) is 0 Å². The van der Waals surface area contributed by atoms with Crippen molar-refractivity contribution >= 4 is 16.8 Å². The van der Waals surface area contributed by atoms with E-state index in [1.165, 1.54) is 33.3 Å². The quantitative estimate of drug-likeness (QED) is 0.719. The number of fused-ring (bicyclic) bond motifs is 5. The Labute approximate surface area is 134 Å². The average Bonchev–Trinajstić information content (AvgIpc) is 3.21. The van der Waals surface area contributed by atoms with Crippen molar-refractivity contribution in [2.45, 2.75) is 25.8 Å². The normalized spacial score (nSPS) is 19.4. The predicted octanol–water partition coefficient (Wildman–Crippen LogP) is 4.17. The highest BCUT2D eigenvalue weighted by molar-refractivity contribution is 5.97. The van der Waals surface area contributed by atoms with Crippen molar-refractivity contribution < 1.29 is 4.79 Å². The number of hydrogen-bond donors (Lipinski definition) is 1. The molecular formula is C20H18N2O. The Balaban J connectivity index is 1.83. The van der Waals surface area contributed by atoms with Crippen LogP contribution < -0.4 is 0 Å². The van der Waals surface area contributed by atoms with Gasteiger partial charge in [-0.2, -0.15) is 0 Å². The van der Waals surface area contributed by atoms with Crippen LogP contribution in [-0.2, 0) is 4.79 Å². The fourth-order valence-corrected chi connectivity index (χ4v) is 4.21. The number of aryl methyl sites for hydroxylation is 1. The Morgan fingerprint density at radius 2 is 2.04 bits per heavy atom. The van der Waals surface area contributed by atoms with Gasteiger partial charge >= 0.3 is 0 Å². The highest BCUT2D eigenvalue weighted by Gasteiger charge is 2.39. The number of nitrogens with one attached hydrogen (secondary N) is 1. The first-order valence-electron chi connectivity index (χ1n) is 8.25. The molecule has 3 aromatic rings. The summed E-state index contributed by atoms with van der Waals surface area (Å²) in [5.74, 6) is 0.277. The maximum atomic E-state index is 12.4. The number of H-pyrrole nitrogens is 1. The molecule has 2 aliphatic rings. The molecular weight excluding hydrogens is 284 g/mol. The van der Waals surface area contributed by atoms with E-state index in [1.54, 1.807) is 0 Å². The van der Waals surface area contributed by atoms with Crippen molar-refractivity contribution in [2.75, 3.05) is 6.54 Å². The molecule has 3 heteroatoms. The van der Waals surface area contributed by atoms with Crippen LogP contribution in [0.1, 0.15) is 35.6 Å². The van der Waals surface area contributed by atoms with E-state index in [4.69, 9.17) is 0 Å². The molecule has 1 saturated heterocycles. The number of rotatable bonds is 1. The zero-order chi connectivity index (χ0) is 15.6. The highest BCUT2D eigenvalue weighted by Crippen LogP contribution is 2.50. The maximum absolute atomic E-state index is 12.4. The van der Waals surface area contributed by atoms with E-state index in [9.17, 15) is 4.79 Å². The molecule has 1 amide bonds. The number of likely N-dealkylation sites (tertiary alicyclic amines) is 1. The molecule has 1 unspecified atom stereocenters. The molecule has 23 heavy (non-hydrogen) atoms. The van der Waals surface area contributed by atoms with E-state index >= 15 is 0 Å². The second kappa shape index (κ2) is 4.48. The summed E-state index contributed by atoms with van der Waals surface area (Å²) in [4.78, 5) is 18.1. The van der Waals surface area contributed by atoms with Crippen molar-refractivity contribution in [1.82, 2.24) is 9.88 Å². The van der Waals surface area contributed by atoms with Crippen LogP contribution in [0.25, 0.3) is 22.2 Å². The zero-order valence-corrected chi connectivity index (χ0v) is 13.1. The summed E-state index contributed by atoms with van der Waals surface area (Å²) in [5, 5.41) is 1.25. The summed E-state index contributed by atoms with van der Waals surface area (Å²) in [6, 6.07) is 15.1. The van der Waals surface area contributed by atoms with Crippen LogP contribution in [0.4, 0.5) is 0 Å². The third-order valence-corrected chi connectivity index (χ3v) is 5.21. The first-order valence-corrected chi connectivity index (χ1v) is 8.25. The van der Waals surface area contributed by atoms with Crippen LogP contribution in [0.2, 0.25) is 0 Å². The Morgan fingerprint density at radius 1 is 1.17 bits per heavy atom. The number of amides is 1. The summed E-state index contributed by atoms with van der Waals surface area (Å²) >= 11 is 0. The van der Waals surface area contributed by atoms with Gasteiger partial charge in [0, 0.05) is 35.0 Å². The van der Waals surface area contributed by atoms with E-state index in [0.29, 0.717) is 6.42 Å². The lowest BCUT2D eigenvalue weighted by Crippen LogP contribution is -2.29. The second-order valence-corrected chi connectivity index (χ2v) is 6.64. The molecule has 1 N–H and O–H groups in total. The lowest BCUT2D eigenvalue weighted by Gasteiger charge is -2.26. The third-order valence-electron chi connectivity index (χ3n) is 5.21. The predicted molar refractivity (Wildman–Crippen MR) is 91.3 cm³/mol. The van der Waals surface area contributed by atoms with Gasteiger partial charge in [-0.25, -0.2) is 0 Å². The second-order valence-electron chi connectivity index (χ2n) is 6.64. The van der Waals surface area contributed by atoms with Gasteiger partial charge in [0.1, 0.15) is 0 Å². The largest absolute Gasteiger partial charge is 0.354 e. The number of carbonyl (C=O) groups is 1. The Hall–Kier alpha value is -2.55. The Kier molecular flexibility index (Phi) is 2.52. The molecule has 0 radical (unpaired) electrons. The van der Waals surface area contributed by atoms with Crippen molar-refractivity contribution in [3.05, 3.63) is 59.2 Å². The van der Waals surface area contributed by atoms with Crippen LogP contribution in [0.3, 0.4) is 0 Å². The van der Waals surface area contributed by atoms with Gasteiger partial charge in [0.2, 0.25) is 5.91 Å². The lowest BCUT2D eigenvalue weighted by molar-refractivity contribution is -0.129. The van der Waals surface area contributed by atoms with Crippen LogP contribution >= 0.6 is 0 Å². The maximum Gasteiger partial charge on any atom is 0.223 e. The molecule has 2 aromatic carbocycles. The highest BCUT2D eigenvalue weighted by atomic mass is 16.2. The van der Waals surface area contributed by atoms with Crippen LogP contribution in [0.15, 0.2) is 42.5 Å². The third kappa shape index (κ3) is 1.68. The van der Waals surface area contributed by atoms with Crippen molar-refractivity contribution in [3.63, 3.8) is 0 Å². The summed E-state index contributed by atoms with van der Waals surface area (Å²) in [7, 11) is 0. The summed E-state index contributed by atoms with van der Waals surface area (Å²) in [5.41, 5.74) is 7.37. The van der Waals surface area contributed by atoms with Gasteiger partial charge in [-0.3, -0.25) is 4.79 Å². The number of aromatic nitrogens is 1. The average molecular weight is 302 g/mol. The Morgan fingerprint density at radius 3 is 2.87 bits per heavy atom. The summed E-state index contributed by atoms with van der Waals surface area (Å²) < 4.78 is 0. The van der Waals surface area contributed by atoms with Gasteiger partial charge in [-0.15, -0.1) is 0 Å². The van der Waals surface area contributed by atoms with Crippen LogP contribution in [0, 0.1) is 6.92 Å². The zero-order valence-electron chi connectivity index (χ0n) is 13.1. The molecule has 1 atom stereocenters. The molecule has 0 spiro atoms. The van der Waals surface area contributed by atoms with Crippen molar-refractivity contribution in [1.29, 1.82) is 0 Å². The molecule has 3 nitrogen and oxygen atoms in total. The summed E-state index contributed by atoms with van der Waals surface area (Å²) in [6.45, 7) is 2.98. The number of aromatic amines is 1. The molecule has 0 saturated carbocycles. The SMILES string of the molecule is Cc1ccc2[nH]c3c(c2c1)C(N1CCCC1=O)c1ccccc1-3. The standard InChI is InChI=1S/C20H18N2O/c1-12-8-9-16-15(11-12)18-19(21-16)13-5-2-3-6-14(13)20(18)22-10-4-7-17(22)23/h2-3,5-6,8-9,11,20-21H,4,7,10H2,1H3. The molecule has 2 heterocycles. The minimum absolute atomic E-state index is 0.0618. The molecule has 1 fully saturated rings. The first-order chi connectivity index (χ1) is 11.2. The fourth-order valence-electron chi connectivity index (χ4n) is 4.21. The van der Waals surface area contributed by atoms with E-state index in [-0.39, 0.29) is 11.9 Å². The number of benzene rings is 2. The number of nitrogens with zero attached hydrogens (tertiary/aromatic N) is 1. The molecule has 0 bridgehead atoms. The van der Waals surface area contributed by atoms with E-state index in [0.717, 1.165) is 18.5 Å². The number of carbonyl (C=O) groups excluding carboxylic acids is 1. The van der Waals surface area contributed by atoms with E-state index < -0.39 is 0 Å². The minimum Gasteiger partial charge on any atom is -0.354 e. The first kappa shape index (κ1) is 12.9. The van der Waals surface area contributed by atoms with Gasteiger partial charge < -0.3 is 9.88 Å². The fraction of sp³-hybridized carbons (Fsp3) is 0.250. The van der Waals surface area contributed by atoms with Crippen LogP contribution in [0.5, 0.6) is 0 Å². The summed E-state index contributed by atoms with van der Waals surface area (Å²) in [6.07, 6.45) is 1.64. The molecule has 1 aliphatic carbocycles. The smallest absolute Gasteiger partial charge is 0.223 e. The van der Waals surface area contributed by atoms with Gasteiger partial charge in [0.05, 0.1) is 11.7 Å².